The van der Waals surface area contributed by atoms with Crippen LogP contribution in [0.25, 0.3) is 0 Å². The summed E-state index contributed by atoms with van der Waals surface area (Å²) in [5.41, 5.74) is 5.90. The molecule has 2 N–H and O–H groups in total. The van der Waals surface area contributed by atoms with E-state index < -0.39 is 0 Å². The van der Waals surface area contributed by atoms with Crippen LogP contribution in [-0.2, 0) is 4.79 Å². The van der Waals surface area contributed by atoms with Crippen LogP contribution in [0.3, 0.4) is 0 Å². The molecule has 2 aliphatic rings. The number of ketones is 1. The molecule has 1 aromatic heterocycles. The molecule has 3 aromatic rings. The summed E-state index contributed by atoms with van der Waals surface area (Å²) in [6.45, 7) is 0. The highest BCUT2D eigenvalue weighted by molar-refractivity contribution is 6.01. The van der Waals surface area contributed by atoms with E-state index >= 15 is 0 Å². The zero-order valence-electron chi connectivity index (χ0n) is 16.8. The SMILES string of the molecule is COc1ccc([C@H]2CC(=O)C3=C(C2)Nc2ccccc2N[C@@H]3c2cccnc2)cc1. The Kier molecular flexibility index (Phi) is 4.71. The highest BCUT2D eigenvalue weighted by Crippen LogP contribution is 2.44. The zero-order valence-corrected chi connectivity index (χ0v) is 16.8. The van der Waals surface area contributed by atoms with Crippen molar-refractivity contribution in [2.75, 3.05) is 17.7 Å². The average Bonchev–Trinajstić information content (AvgIpc) is 2.96. The molecular formula is C25H23N3O2. The summed E-state index contributed by atoms with van der Waals surface area (Å²) in [4.78, 5) is 17.7. The third-order valence-electron chi connectivity index (χ3n) is 5.91. The number of carbonyl (C=O) groups is 1. The van der Waals surface area contributed by atoms with Crippen LogP contribution in [0.4, 0.5) is 11.4 Å². The van der Waals surface area contributed by atoms with Crippen LogP contribution in [0.15, 0.2) is 84.3 Å². The number of carbonyl (C=O) groups excluding carboxylic acids is 1. The van der Waals surface area contributed by atoms with E-state index in [9.17, 15) is 4.79 Å². The lowest BCUT2D eigenvalue weighted by molar-refractivity contribution is -0.116. The third-order valence-corrected chi connectivity index (χ3v) is 5.91. The number of anilines is 2. The summed E-state index contributed by atoms with van der Waals surface area (Å²) >= 11 is 0. The fraction of sp³-hybridized carbons (Fsp3) is 0.200. The zero-order chi connectivity index (χ0) is 20.5. The van der Waals surface area contributed by atoms with E-state index in [4.69, 9.17) is 4.74 Å². The van der Waals surface area contributed by atoms with Gasteiger partial charge in [-0.3, -0.25) is 9.78 Å². The number of rotatable bonds is 3. The number of hydrogen-bond donors (Lipinski definition) is 2. The minimum atomic E-state index is -0.228. The second kappa shape index (κ2) is 7.67. The summed E-state index contributed by atoms with van der Waals surface area (Å²) in [5, 5.41) is 7.14. The molecule has 0 saturated heterocycles. The molecule has 30 heavy (non-hydrogen) atoms. The summed E-state index contributed by atoms with van der Waals surface area (Å²) in [5.74, 6) is 1.12. The van der Waals surface area contributed by atoms with Crippen molar-refractivity contribution >= 4 is 17.2 Å². The molecule has 5 heteroatoms. The number of ether oxygens (including phenoxy) is 1. The molecule has 0 bridgehead atoms. The summed E-state index contributed by atoms with van der Waals surface area (Å²) in [7, 11) is 1.66. The molecule has 150 valence electrons. The highest BCUT2D eigenvalue weighted by atomic mass is 16.5. The fourth-order valence-electron chi connectivity index (χ4n) is 4.40. The number of nitrogens with one attached hydrogen (secondary N) is 2. The topological polar surface area (TPSA) is 63.2 Å². The molecule has 5 nitrogen and oxygen atoms in total. The van der Waals surface area contributed by atoms with Crippen molar-refractivity contribution < 1.29 is 9.53 Å². The largest absolute Gasteiger partial charge is 0.497 e. The number of nitrogens with zero attached hydrogens (tertiary/aromatic N) is 1. The lowest BCUT2D eigenvalue weighted by atomic mass is 9.78. The van der Waals surface area contributed by atoms with Gasteiger partial charge in [0, 0.05) is 30.1 Å². The first kappa shape index (κ1) is 18.4. The van der Waals surface area contributed by atoms with Crippen LogP contribution in [0.1, 0.15) is 35.9 Å². The van der Waals surface area contributed by atoms with Gasteiger partial charge in [-0.25, -0.2) is 0 Å². The smallest absolute Gasteiger partial charge is 0.163 e. The van der Waals surface area contributed by atoms with Gasteiger partial charge in [-0.2, -0.15) is 0 Å². The Morgan fingerprint density at radius 2 is 1.73 bits per heavy atom. The molecule has 0 unspecified atom stereocenters. The molecule has 0 saturated carbocycles. The first-order valence-electron chi connectivity index (χ1n) is 10.2. The van der Waals surface area contributed by atoms with E-state index in [1.807, 2.05) is 54.7 Å². The number of hydrogen-bond acceptors (Lipinski definition) is 5. The number of fused-ring (bicyclic) bond motifs is 1. The summed E-state index contributed by atoms with van der Waals surface area (Å²) < 4.78 is 5.28. The van der Waals surface area contributed by atoms with Crippen molar-refractivity contribution in [2.24, 2.45) is 0 Å². The lowest BCUT2D eigenvalue weighted by Crippen LogP contribution is -2.26. The van der Waals surface area contributed by atoms with Crippen LogP contribution in [0.2, 0.25) is 0 Å². The molecule has 1 aliphatic heterocycles. The minimum absolute atomic E-state index is 0.134. The van der Waals surface area contributed by atoms with Crippen molar-refractivity contribution in [1.82, 2.24) is 4.98 Å². The Labute approximate surface area is 175 Å². The average molecular weight is 397 g/mol. The van der Waals surface area contributed by atoms with Gasteiger partial charge < -0.3 is 15.4 Å². The normalized spacial score (nSPS) is 20.4. The molecule has 5 rings (SSSR count). The van der Waals surface area contributed by atoms with Crippen molar-refractivity contribution in [3.8, 4) is 5.75 Å². The Balaban J connectivity index is 1.57. The van der Waals surface area contributed by atoms with Crippen molar-refractivity contribution in [2.45, 2.75) is 24.8 Å². The van der Waals surface area contributed by atoms with Gasteiger partial charge in [0.15, 0.2) is 5.78 Å². The Bertz CT molecular complexity index is 1110. The Hall–Kier alpha value is -3.60. The van der Waals surface area contributed by atoms with E-state index in [0.29, 0.717) is 6.42 Å². The van der Waals surface area contributed by atoms with Crippen LogP contribution in [0, 0.1) is 0 Å². The van der Waals surface area contributed by atoms with Crippen LogP contribution >= 0.6 is 0 Å². The van der Waals surface area contributed by atoms with Crippen LogP contribution in [0.5, 0.6) is 5.75 Å². The number of aromatic nitrogens is 1. The van der Waals surface area contributed by atoms with E-state index in [0.717, 1.165) is 45.9 Å². The number of allylic oxidation sites excluding steroid dienone is 1. The molecule has 0 radical (unpaired) electrons. The van der Waals surface area contributed by atoms with E-state index in [2.05, 4.69) is 27.8 Å². The quantitative estimate of drug-likeness (QED) is 0.646. The lowest BCUT2D eigenvalue weighted by Gasteiger charge is -2.29. The standard InChI is InChI=1S/C25H23N3O2/c1-30-19-10-8-16(9-11-19)18-13-22-24(23(29)14-18)25(17-5-4-12-26-15-17)28-21-7-3-2-6-20(21)27-22/h2-12,15,18,25,27-28H,13-14H2,1H3/t18-,25-/m1/s1. The van der Waals surface area contributed by atoms with Gasteiger partial charge in [0.25, 0.3) is 0 Å². The number of benzene rings is 2. The molecule has 2 atom stereocenters. The highest BCUT2D eigenvalue weighted by Gasteiger charge is 2.36. The third kappa shape index (κ3) is 3.32. The predicted molar refractivity (Wildman–Crippen MR) is 118 cm³/mol. The van der Waals surface area contributed by atoms with Gasteiger partial charge in [-0.05, 0) is 53.8 Å². The summed E-state index contributed by atoms with van der Waals surface area (Å²) in [6, 6.07) is 19.8. The van der Waals surface area contributed by atoms with E-state index in [-0.39, 0.29) is 17.7 Å². The first-order chi connectivity index (χ1) is 14.7. The van der Waals surface area contributed by atoms with Gasteiger partial charge in [0.2, 0.25) is 0 Å². The first-order valence-corrected chi connectivity index (χ1v) is 10.2. The molecule has 1 aliphatic carbocycles. The molecular weight excluding hydrogens is 374 g/mol. The minimum Gasteiger partial charge on any atom is -0.497 e. The van der Waals surface area contributed by atoms with Crippen LogP contribution < -0.4 is 15.4 Å². The van der Waals surface area contributed by atoms with Crippen LogP contribution in [-0.4, -0.2) is 17.9 Å². The van der Waals surface area contributed by atoms with Gasteiger partial charge in [0.1, 0.15) is 5.75 Å². The second-order valence-corrected chi connectivity index (χ2v) is 7.73. The number of para-hydroxylation sites is 2. The number of methoxy groups -OCH3 is 1. The molecule has 2 aromatic carbocycles. The van der Waals surface area contributed by atoms with Gasteiger partial charge in [0.05, 0.1) is 24.5 Å². The molecule has 0 fully saturated rings. The number of pyridine rings is 1. The van der Waals surface area contributed by atoms with Gasteiger partial charge in [-0.15, -0.1) is 0 Å². The Morgan fingerprint density at radius 1 is 0.933 bits per heavy atom. The number of Topliss-reactive ketones (excluding diaryl/α,β-unsaturated/α-hetero) is 1. The van der Waals surface area contributed by atoms with Crippen molar-refractivity contribution in [1.29, 1.82) is 0 Å². The fourth-order valence-corrected chi connectivity index (χ4v) is 4.40. The maximum atomic E-state index is 13.4. The van der Waals surface area contributed by atoms with Crippen molar-refractivity contribution in [3.63, 3.8) is 0 Å². The molecule has 2 heterocycles. The van der Waals surface area contributed by atoms with Crippen molar-refractivity contribution in [3.05, 3.63) is 95.5 Å². The maximum Gasteiger partial charge on any atom is 0.163 e. The predicted octanol–water partition coefficient (Wildman–Crippen LogP) is 5.07. The monoisotopic (exact) mass is 397 g/mol. The molecule has 0 amide bonds. The maximum absolute atomic E-state index is 13.4. The Morgan fingerprint density at radius 3 is 2.47 bits per heavy atom. The van der Waals surface area contributed by atoms with E-state index in [1.54, 1.807) is 13.3 Å². The second-order valence-electron chi connectivity index (χ2n) is 7.73. The van der Waals surface area contributed by atoms with E-state index in [1.165, 1.54) is 0 Å². The van der Waals surface area contributed by atoms with Gasteiger partial charge >= 0.3 is 0 Å². The van der Waals surface area contributed by atoms with Gasteiger partial charge in [-0.1, -0.05) is 30.3 Å². The molecule has 0 spiro atoms. The summed E-state index contributed by atoms with van der Waals surface area (Å²) in [6.07, 6.45) is 4.85.